The minimum atomic E-state index is 0.316. The molecule has 140 valence electrons. The van der Waals surface area contributed by atoms with Crippen LogP contribution in [-0.4, -0.2) is 26.4 Å². The van der Waals surface area contributed by atoms with Crippen LogP contribution < -0.4 is 14.8 Å². The molecule has 0 aliphatic carbocycles. The van der Waals surface area contributed by atoms with Gasteiger partial charge in [0.2, 0.25) is 0 Å². The summed E-state index contributed by atoms with van der Waals surface area (Å²) in [4.78, 5) is 0. The maximum atomic E-state index is 6.16. The first-order valence-electron chi connectivity index (χ1n) is 9.03. The summed E-state index contributed by atoms with van der Waals surface area (Å²) in [5, 5.41) is 3.49. The highest BCUT2D eigenvalue weighted by Gasteiger charge is 2.18. The van der Waals surface area contributed by atoms with Crippen LogP contribution in [-0.2, 0) is 17.9 Å². The molecule has 0 aromatic heterocycles. The Morgan fingerprint density at radius 1 is 1.19 bits per heavy atom. The molecule has 0 spiro atoms. The molecule has 0 amide bonds. The third kappa shape index (κ3) is 5.00. The molecule has 1 unspecified atom stereocenters. The summed E-state index contributed by atoms with van der Waals surface area (Å²) in [6.45, 7) is 5.01. The van der Waals surface area contributed by atoms with Crippen molar-refractivity contribution in [1.82, 2.24) is 5.32 Å². The van der Waals surface area contributed by atoms with Crippen LogP contribution in [0, 0.1) is 6.92 Å². The molecule has 1 atom stereocenters. The topological polar surface area (TPSA) is 39.7 Å². The van der Waals surface area contributed by atoms with E-state index in [4.69, 9.17) is 14.2 Å². The van der Waals surface area contributed by atoms with Crippen LogP contribution in [0.1, 0.15) is 29.5 Å². The number of hydrogen-bond acceptors (Lipinski definition) is 4. The molecule has 5 heteroatoms. The smallest absolute Gasteiger partial charge is 0.167 e. The molecule has 1 fully saturated rings. The normalized spacial score (nSPS) is 16.7. The standard InChI is InChI=1S/C21H26BrNO3/c1-15-5-7-16(8-6-15)14-26-21-18(19(22)9-10-20(21)24-2)13-23-12-17-4-3-11-25-17/h5-10,17,23H,3-4,11-14H2,1-2H3. The molecule has 26 heavy (non-hydrogen) atoms. The summed E-state index contributed by atoms with van der Waals surface area (Å²) in [5.74, 6) is 1.52. The van der Waals surface area contributed by atoms with Gasteiger partial charge < -0.3 is 19.5 Å². The summed E-state index contributed by atoms with van der Waals surface area (Å²) < 4.78 is 18.4. The van der Waals surface area contributed by atoms with Crippen LogP contribution in [0.2, 0.25) is 0 Å². The van der Waals surface area contributed by atoms with E-state index in [1.54, 1.807) is 7.11 Å². The van der Waals surface area contributed by atoms with Gasteiger partial charge in [0.05, 0.1) is 13.2 Å². The molecule has 1 saturated heterocycles. The Labute approximate surface area is 164 Å². The minimum absolute atomic E-state index is 0.316. The zero-order valence-corrected chi connectivity index (χ0v) is 17.0. The number of nitrogens with one attached hydrogen (secondary N) is 1. The second kappa shape index (κ2) is 9.40. The Balaban J connectivity index is 1.70. The second-order valence-electron chi connectivity index (χ2n) is 6.60. The molecule has 2 aromatic carbocycles. The van der Waals surface area contributed by atoms with Gasteiger partial charge in [0.1, 0.15) is 6.61 Å². The molecule has 0 saturated carbocycles. The van der Waals surface area contributed by atoms with Gasteiger partial charge in [-0.2, -0.15) is 0 Å². The lowest BCUT2D eigenvalue weighted by Crippen LogP contribution is -2.26. The van der Waals surface area contributed by atoms with Gasteiger partial charge in [-0.3, -0.25) is 0 Å². The number of aryl methyl sites for hydroxylation is 1. The number of ether oxygens (including phenoxy) is 3. The SMILES string of the molecule is COc1ccc(Br)c(CNCC2CCCO2)c1OCc1ccc(C)cc1. The highest BCUT2D eigenvalue weighted by molar-refractivity contribution is 9.10. The molecule has 2 aromatic rings. The molecule has 1 N–H and O–H groups in total. The van der Waals surface area contributed by atoms with Crippen LogP contribution in [0.15, 0.2) is 40.9 Å². The van der Waals surface area contributed by atoms with Gasteiger partial charge in [-0.1, -0.05) is 45.8 Å². The number of methoxy groups -OCH3 is 1. The van der Waals surface area contributed by atoms with Gasteiger partial charge in [-0.15, -0.1) is 0 Å². The zero-order chi connectivity index (χ0) is 18.4. The van der Waals surface area contributed by atoms with Crippen molar-refractivity contribution in [2.24, 2.45) is 0 Å². The molecule has 4 nitrogen and oxygen atoms in total. The average molecular weight is 420 g/mol. The highest BCUT2D eigenvalue weighted by atomic mass is 79.9. The maximum Gasteiger partial charge on any atom is 0.167 e. The predicted molar refractivity (Wildman–Crippen MR) is 107 cm³/mol. The molecule has 1 aliphatic heterocycles. The predicted octanol–water partition coefficient (Wildman–Crippen LogP) is 4.61. The number of rotatable bonds is 8. The van der Waals surface area contributed by atoms with E-state index in [0.29, 0.717) is 19.3 Å². The number of hydrogen-bond donors (Lipinski definition) is 1. The van der Waals surface area contributed by atoms with E-state index in [9.17, 15) is 0 Å². The molecule has 0 bridgehead atoms. The minimum Gasteiger partial charge on any atom is -0.493 e. The molecule has 1 aliphatic rings. The van der Waals surface area contributed by atoms with E-state index in [2.05, 4.69) is 52.4 Å². The lowest BCUT2D eigenvalue weighted by atomic mass is 10.1. The Hall–Kier alpha value is -1.56. The van der Waals surface area contributed by atoms with Crippen LogP contribution in [0.25, 0.3) is 0 Å². The van der Waals surface area contributed by atoms with Gasteiger partial charge >= 0.3 is 0 Å². The highest BCUT2D eigenvalue weighted by Crippen LogP contribution is 2.36. The van der Waals surface area contributed by atoms with Crippen molar-refractivity contribution < 1.29 is 14.2 Å². The van der Waals surface area contributed by atoms with Crippen molar-refractivity contribution in [1.29, 1.82) is 0 Å². The average Bonchev–Trinajstić information content (AvgIpc) is 3.16. The quantitative estimate of drug-likeness (QED) is 0.677. The zero-order valence-electron chi connectivity index (χ0n) is 15.4. The summed E-state index contributed by atoms with van der Waals surface area (Å²) in [6, 6.07) is 12.3. The van der Waals surface area contributed by atoms with Crippen molar-refractivity contribution >= 4 is 15.9 Å². The Morgan fingerprint density at radius 3 is 2.69 bits per heavy atom. The van der Waals surface area contributed by atoms with Gasteiger partial charge in [0.25, 0.3) is 0 Å². The lowest BCUT2D eigenvalue weighted by Gasteiger charge is -2.18. The number of benzene rings is 2. The monoisotopic (exact) mass is 419 g/mol. The largest absolute Gasteiger partial charge is 0.493 e. The van der Waals surface area contributed by atoms with Gasteiger partial charge in [0, 0.05) is 29.7 Å². The molecule has 3 rings (SSSR count). The van der Waals surface area contributed by atoms with Gasteiger partial charge in [-0.05, 0) is 37.5 Å². The Kier molecular flexibility index (Phi) is 6.94. The van der Waals surface area contributed by atoms with E-state index in [1.807, 2.05) is 12.1 Å². The molecular formula is C21H26BrNO3. The number of halogens is 1. The lowest BCUT2D eigenvalue weighted by molar-refractivity contribution is 0.110. The van der Waals surface area contributed by atoms with Crippen molar-refractivity contribution in [2.75, 3.05) is 20.3 Å². The first kappa shape index (κ1) is 19.2. The van der Waals surface area contributed by atoms with Crippen LogP contribution in [0.5, 0.6) is 11.5 Å². The van der Waals surface area contributed by atoms with Crippen LogP contribution >= 0.6 is 15.9 Å². The van der Waals surface area contributed by atoms with E-state index in [1.165, 1.54) is 5.56 Å². The molecule has 0 radical (unpaired) electrons. The van der Waals surface area contributed by atoms with Gasteiger partial charge in [0.15, 0.2) is 11.5 Å². The van der Waals surface area contributed by atoms with E-state index in [0.717, 1.165) is 53.1 Å². The van der Waals surface area contributed by atoms with Crippen molar-refractivity contribution in [3.8, 4) is 11.5 Å². The van der Waals surface area contributed by atoms with Crippen molar-refractivity contribution in [2.45, 2.75) is 39.0 Å². The van der Waals surface area contributed by atoms with Crippen molar-refractivity contribution in [3.05, 3.63) is 57.6 Å². The fourth-order valence-corrected chi connectivity index (χ4v) is 3.52. The third-order valence-corrected chi connectivity index (χ3v) is 5.33. The summed E-state index contributed by atoms with van der Waals surface area (Å²) in [7, 11) is 1.67. The Morgan fingerprint density at radius 2 is 2.00 bits per heavy atom. The molecule has 1 heterocycles. The van der Waals surface area contributed by atoms with Crippen molar-refractivity contribution in [3.63, 3.8) is 0 Å². The van der Waals surface area contributed by atoms with E-state index in [-0.39, 0.29) is 0 Å². The van der Waals surface area contributed by atoms with Crippen LogP contribution in [0.3, 0.4) is 0 Å². The maximum absolute atomic E-state index is 6.16. The first-order valence-corrected chi connectivity index (χ1v) is 9.82. The fraction of sp³-hybridized carbons (Fsp3) is 0.429. The Bertz CT molecular complexity index is 712. The second-order valence-corrected chi connectivity index (χ2v) is 7.45. The third-order valence-electron chi connectivity index (χ3n) is 4.59. The van der Waals surface area contributed by atoms with Crippen LogP contribution in [0.4, 0.5) is 0 Å². The fourth-order valence-electron chi connectivity index (χ4n) is 3.07. The first-order chi connectivity index (χ1) is 12.7. The summed E-state index contributed by atoms with van der Waals surface area (Å²) in [6.07, 6.45) is 2.60. The van der Waals surface area contributed by atoms with E-state index >= 15 is 0 Å². The molecular weight excluding hydrogens is 394 g/mol. The van der Waals surface area contributed by atoms with E-state index < -0.39 is 0 Å². The van der Waals surface area contributed by atoms with Gasteiger partial charge in [-0.25, -0.2) is 0 Å². The summed E-state index contributed by atoms with van der Waals surface area (Å²) >= 11 is 3.65. The summed E-state index contributed by atoms with van der Waals surface area (Å²) in [5.41, 5.74) is 3.44.